The van der Waals surface area contributed by atoms with Crippen molar-refractivity contribution in [1.29, 1.82) is 0 Å². The number of benzene rings is 1. The highest BCUT2D eigenvalue weighted by molar-refractivity contribution is 5.92. The lowest BCUT2D eigenvalue weighted by Gasteiger charge is -2.22. The highest BCUT2D eigenvalue weighted by atomic mass is 16.2. The van der Waals surface area contributed by atoms with E-state index in [0.29, 0.717) is 12.2 Å². The predicted octanol–water partition coefficient (Wildman–Crippen LogP) is 1.16. The van der Waals surface area contributed by atoms with Crippen molar-refractivity contribution < 1.29 is 4.79 Å². The highest BCUT2D eigenvalue weighted by Gasteiger charge is 2.33. The maximum atomic E-state index is 12.5. The average Bonchev–Trinajstić information content (AvgIpc) is 3.31. The van der Waals surface area contributed by atoms with Gasteiger partial charge in [-0.05, 0) is 36.6 Å². The number of carbonyl (C=O) groups is 1. The van der Waals surface area contributed by atoms with Crippen molar-refractivity contribution in [2.75, 3.05) is 5.73 Å². The van der Waals surface area contributed by atoms with Gasteiger partial charge in [-0.15, -0.1) is 0 Å². The molecule has 1 amide bonds. The third-order valence-electron chi connectivity index (χ3n) is 3.48. The number of nitrogens with two attached hydrogens (primary N) is 1. The van der Waals surface area contributed by atoms with Gasteiger partial charge in [-0.25, -0.2) is 5.10 Å². The van der Waals surface area contributed by atoms with Gasteiger partial charge in [-0.1, -0.05) is 12.1 Å². The second-order valence-corrected chi connectivity index (χ2v) is 5.21. The first-order chi connectivity index (χ1) is 10.1. The molecule has 108 valence electrons. The van der Waals surface area contributed by atoms with Crippen molar-refractivity contribution in [3.05, 3.63) is 58.0 Å². The van der Waals surface area contributed by atoms with E-state index in [1.54, 1.807) is 4.90 Å². The molecular weight excluding hydrogens is 268 g/mol. The van der Waals surface area contributed by atoms with Gasteiger partial charge in [-0.3, -0.25) is 9.59 Å². The molecule has 1 aromatic carbocycles. The summed E-state index contributed by atoms with van der Waals surface area (Å²) in [6, 6.07) is 10.5. The second kappa shape index (κ2) is 5.40. The molecule has 6 nitrogen and oxygen atoms in total. The molecule has 1 saturated carbocycles. The van der Waals surface area contributed by atoms with Crippen LogP contribution in [0, 0.1) is 0 Å². The molecule has 0 saturated heterocycles. The van der Waals surface area contributed by atoms with Crippen LogP contribution in [0.15, 0.2) is 41.2 Å². The number of carbonyl (C=O) groups excluding carboxylic acids is 1. The Hall–Kier alpha value is -2.63. The van der Waals surface area contributed by atoms with Gasteiger partial charge in [0.15, 0.2) is 0 Å². The normalized spacial score (nSPS) is 13.9. The Morgan fingerprint density at radius 3 is 2.52 bits per heavy atom. The predicted molar refractivity (Wildman–Crippen MR) is 78.6 cm³/mol. The first-order valence-corrected chi connectivity index (χ1v) is 6.84. The zero-order valence-electron chi connectivity index (χ0n) is 11.5. The summed E-state index contributed by atoms with van der Waals surface area (Å²) in [4.78, 5) is 25.4. The molecule has 3 N–H and O–H groups in total. The lowest BCUT2D eigenvalue weighted by atomic mass is 10.2. The van der Waals surface area contributed by atoms with Gasteiger partial charge in [0.1, 0.15) is 5.69 Å². The molecule has 1 aliphatic rings. The number of amides is 1. The van der Waals surface area contributed by atoms with E-state index in [9.17, 15) is 9.59 Å². The molecule has 3 rings (SSSR count). The van der Waals surface area contributed by atoms with E-state index >= 15 is 0 Å². The van der Waals surface area contributed by atoms with E-state index in [-0.39, 0.29) is 23.2 Å². The minimum absolute atomic E-state index is 0.162. The number of hydrogen-bond donors (Lipinski definition) is 2. The summed E-state index contributed by atoms with van der Waals surface area (Å²) in [6.45, 7) is 0.518. The van der Waals surface area contributed by atoms with Crippen LogP contribution in [0.3, 0.4) is 0 Å². The van der Waals surface area contributed by atoms with Crippen LogP contribution >= 0.6 is 0 Å². The van der Waals surface area contributed by atoms with Gasteiger partial charge in [-0.2, -0.15) is 5.10 Å². The second-order valence-electron chi connectivity index (χ2n) is 5.21. The van der Waals surface area contributed by atoms with Crippen molar-refractivity contribution in [2.45, 2.75) is 25.4 Å². The number of hydrogen-bond acceptors (Lipinski definition) is 4. The SMILES string of the molecule is Nc1ccc(CN(C(=O)c2ccc(=O)[nH]n2)C2CC2)cc1. The Labute approximate surface area is 121 Å². The van der Waals surface area contributed by atoms with E-state index in [1.807, 2.05) is 24.3 Å². The van der Waals surface area contributed by atoms with Crippen molar-refractivity contribution in [3.8, 4) is 0 Å². The Morgan fingerprint density at radius 2 is 1.95 bits per heavy atom. The summed E-state index contributed by atoms with van der Waals surface area (Å²) in [7, 11) is 0. The third kappa shape index (κ3) is 3.10. The summed E-state index contributed by atoms with van der Waals surface area (Å²) in [5.74, 6) is -0.162. The molecule has 1 aromatic heterocycles. The summed E-state index contributed by atoms with van der Waals surface area (Å²) < 4.78 is 0. The molecule has 1 aliphatic carbocycles. The van der Waals surface area contributed by atoms with Crippen LogP contribution < -0.4 is 11.3 Å². The Morgan fingerprint density at radius 1 is 1.24 bits per heavy atom. The van der Waals surface area contributed by atoms with Crippen LogP contribution in [-0.2, 0) is 6.54 Å². The van der Waals surface area contributed by atoms with E-state index in [1.165, 1.54) is 12.1 Å². The average molecular weight is 284 g/mol. The molecule has 0 spiro atoms. The molecular formula is C15H16N4O2. The van der Waals surface area contributed by atoms with Crippen LogP contribution in [0.25, 0.3) is 0 Å². The van der Waals surface area contributed by atoms with Crippen molar-refractivity contribution >= 4 is 11.6 Å². The zero-order valence-corrected chi connectivity index (χ0v) is 11.5. The fraction of sp³-hybridized carbons (Fsp3) is 0.267. The molecule has 0 aliphatic heterocycles. The smallest absolute Gasteiger partial charge is 0.274 e. The van der Waals surface area contributed by atoms with Crippen molar-refractivity contribution in [3.63, 3.8) is 0 Å². The number of aromatic amines is 1. The lowest BCUT2D eigenvalue weighted by Crippen LogP contribution is -2.33. The number of H-pyrrole nitrogens is 1. The van der Waals surface area contributed by atoms with E-state index in [4.69, 9.17) is 5.73 Å². The van der Waals surface area contributed by atoms with Gasteiger partial charge < -0.3 is 10.6 Å². The zero-order chi connectivity index (χ0) is 14.8. The maximum Gasteiger partial charge on any atom is 0.274 e. The summed E-state index contributed by atoms with van der Waals surface area (Å²) in [5.41, 5.74) is 7.34. The fourth-order valence-corrected chi connectivity index (χ4v) is 2.18. The van der Waals surface area contributed by atoms with Crippen LogP contribution in [-0.4, -0.2) is 27.0 Å². The molecule has 21 heavy (non-hydrogen) atoms. The molecule has 6 heteroatoms. The molecule has 0 bridgehead atoms. The Balaban J connectivity index is 1.81. The number of rotatable bonds is 4. The van der Waals surface area contributed by atoms with Crippen LogP contribution in [0.5, 0.6) is 0 Å². The van der Waals surface area contributed by atoms with E-state index in [0.717, 1.165) is 18.4 Å². The topological polar surface area (TPSA) is 92.1 Å². The standard InChI is InChI=1S/C15H16N4O2/c16-11-3-1-10(2-4-11)9-19(12-5-6-12)15(21)13-7-8-14(20)18-17-13/h1-4,7-8,12H,5-6,9,16H2,(H,18,20). The molecule has 0 unspecified atom stereocenters. The van der Waals surface area contributed by atoms with Crippen molar-refractivity contribution in [1.82, 2.24) is 15.1 Å². The molecule has 2 aromatic rings. The summed E-state index contributed by atoms with van der Waals surface area (Å²) in [6.07, 6.45) is 2.01. The quantitative estimate of drug-likeness (QED) is 0.824. The fourth-order valence-electron chi connectivity index (χ4n) is 2.18. The maximum absolute atomic E-state index is 12.5. The monoisotopic (exact) mass is 284 g/mol. The first-order valence-electron chi connectivity index (χ1n) is 6.84. The number of nitrogens with zero attached hydrogens (tertiary/aromatic N) is 2. The summed E-state index contributed by atoms with van der Waals surface area (Å²) >= 11 is 0. The van der Waals surface area contributed by atoms with Gasteiger partial charge in [0.2, 0.25) is 0 Å². The molecule has 0 atom stereocenters. The number of nitrogens with one attached hydrogen (secondary N) is 1. The van der Waals surface area contributed by atoms with E-state index in [2.05, 4.69) is 10.2 Å². The van der Waals surface area contributed by atoms with Crippen LogP contribution in [0.1, 0.15) is 28.9 Å². The first kappa shape index (κ1) is 13.4. The van der Waals surface area contributed by atoms with Gasteiger partial charge >= 0.3 is 0 Å². The van der Waals surface area contributed by atoms with Gasteiger partial charge in [0.25, 0.3) is 11.5 Å². The number of aromatic nitrogens is 2. The van der Waals surface area contributed by atoms with Crippen LogP contribution in [0.4, 0.5) is 5.69 Å². The largest absolute Gasteiger partial charge is 0.399 e. The molecule has 1 heterocycles. The van der Waals surface area contributed by atoms with Gasteiger partial charge in [0, 0.05) is 24.3 Å². The number of nitrogen functional groups attached to an aromatic ring is 1. The molecule has 1 fully saturated rings. The van der Waals surface area contributed by atoms with Gasteiger partial charge in [0.05, 0.1) is 0 Å². The molecule has 0 radical (unpaired) electrons. The minimum atomic E-state index is -0.317. The lowest BCUT2D eigenvalue weighted by molar-refractivity contribution is 0.0722. The Bertz CT molecular complexity index is 684. The number of anilines is 1. The van der Waals surface area contributed by atoms with Crippen molar-refractivity contribution in [2.24, 2.45) is 0 Å². The Kier molecular flexibility index (Phi) is 3.43. The minimum Gasteiger partial charge on any atom is -0.399 e. The summed E-state index contributed by atoms with van der Waals surface area (Å²) in [5, 5.41) is 6.11. The highest BCUT2D eigenvalue weighted by Crippen LogP contribution is 2.29. The third-order valence-corrected chi connectivity index (χ3v) is 3.48. The van der Waals surface area contributed by atoms with E-state index < -0.39 is 0 Å². The van der Waals surface area contributed by atoms with Crippen LogP contribution in [0.2, 0.25) is 0 Å².